The van der Waals surface area contributed by atoms with Crippen LogP contribution in [0.3, 0.4) is 0 Å². The van der Waals surface area contributed by atoms with Gasteiger partial charge >= 0.3 is 0 Å². The van der Waals surface area contributed by atoms with Gasteiger partial charge in [-0.2, -0.15) is 0 Å². The van der Waals surface area contributed by atoms with Crippen LogP contribution in [-0.2, 0) is 6.54 Å². The molecule has 4 aromatic rings. The standard InChI is InChI=1S/C26H24N2O4/c1-15(2)17-4-3-5-18(11-17)19-7-8-20-21(12-19)22(26(32)28-25(20)31)14-27-13-16-6-9-23(29)24(30)10-16/h3-12,14-15,29-30H,13H2,1-2H3,(H2,28,31,32). The molecule has 32 heavy (non-hydrogen) atoms. The number of benzene rings is 3. The molecule has 1 aromatic heterocycles. The first-order valence-corrected chi connectivity index (χ1v) is 10.3. The van der Waals surface area contributed by atoms with Crippen molar-refractivity contribution in [3.63, 3.8) is 0 Å². The second kappa shape index (κ2) is 8.59. The number of nitrogens with one attached hydrogen (secondary N) is 1. The molecule has 3 aromatic carbocycles. The Morgan fingerprint density at radius 3 is 2.44 bits per heavy atom. The lowest BCUT2D eigenvalue weighted by Gasteiger charge is -2.10. The van der Waals surface area contributed by atoms with Crippen LogP contribution in [0.1, 0.15) is 36.5 Å². The van der Waals surface area contributed by atoms with Crippen molar-refractivity contribution in [2.75, 3.05) is 0 Å². The molecular formula is C26H24N2O4. The van der Waals surface area contributed by atoms with Gasteiger partial charge in [-0.3, -0.25) is 14.8 Å². The van der Waals surface area contributed by atoms with Crippen LogP contribution in [-0.4, -0.2) is 26.5 Å². The molecule has 162 valence electrons. The van der Waals surface area contributed by atoms with Crippen molar-refractivity contribution in [1.82, 2.24) is 4.98 Å². The van der Waals surface area contributed by atoms with Gasteiger partial charge in [0.25, 0.3) is 5.56 Å². The number of hydrogen-bond donors (Lipinski definition) is 4. The molecule has 4 rings (SSSR count). The van der Waals surface area contributed by atoms with E-state index in [2.05, 4.69) is 36.0 Å². The predicted octanol–water partition coefficient (Wildman–Crippen LogP) is 5.05. The number of aromatic hydroxyl groups is 3. The fraction of sp³-hybridized carbons (Fsp3) is 0.154. The lowest BCUT2D eigenvalue weighted by Crippen LogP contribution is -2.08. The second-order valence-corrected chi connectivity index (χ2v) is 8.05. The molecule has 0 spiro atoms. The SMILES string of the molecule is CC(C)c1cccc(-c2ccc3c(=O)[nH]c(O)c(C=NCc4ccc(O)c(O)c4)c3c2)c1. The number of aromatic amines is 1. The molecule has 0 amide bonds. The fourth-order valence-corrected chi connectivity index (χ4v) is 3.63. The van der Waals surface area contributed by atoms with Crippen molar-refractivity contribution >= 4 is 17.0 Å². The first-order chi connectivity index (χ1) is 15.3. The van der Waals surface area contributed by atoms with E-state index in [4.69, 9.17) is 0 Å². The Balaban J connectivity index is 1.76. The van der Waals surface area contributed by atoms with Crippen molar-refractivity contribution < 1.29 is 15.3 Å². The summed E-state index contributed by atoms with van der Waals surface area (Å²) >= 11 is 0. The highest BCUT2D eigenvalue weighted by atomic mass is 16.3. The van der Waals surface area contributed by atoms with Gasteiger partial charge in [0.1, 0.15) is 0 Å². The summed E-state index contributed by atoms with van der Waals surface area (Å²) in [5.74, 6) is -0.281. The third-order valence-corrected chi connectivity index (χ3v) is 5.46. The Labute approximate surface area is 185 Å². The normalized spacial score (nSPS) is 11.6. The minimum absolute atomic E-state index is 0.198. The zero-order valence-electron chi connectivity index (χ0n) is 17.8. The maximum absolute atomic E-state index is 12.4. The number of pyridine rings is 1. The summed E-state index contributed by atoms with van der Waals surface area (Å²) in [5.41, 5.74) is 3.90. The highest BCUT2D eigenvalue weighted by Gasteiger charge is 2.12. The van der Waals surface area contributed by atoms with Crippen LogP contribution in [0, 0.1) is 0 Å². The highest BCUT2D eigenvalue weighted by molar-refractivity contribution is 6.02. The van der Waals surface area contributed by atoms with E-state index in [0.29, 0.717) is 27.8 Å². The van der Waals surface area contributed by atoms with Crippen molar-refractivity contribution in [2.24, 2.45) is 4.99 Å². The molecule has 4 N–H and O–H groups in total. The molecule has 0 unspecified atom stereocenters. The summed E-state index contributed by atoms with van der Waals surface area (Å²) in [4.78, 5) is 19.2. The Hall–Kier alpha value is -4.06. The maximum atomic E-state index is 12.4. The van der Waals surface area contributed by atoms with Gasteiger partial charge in [-0.05, 0) is 52.4 Å². The van der Waals surface area contributed by atoms with E-state index in [-0.39, 0.29) is 29.5 Å². The Kier molecular flexibility index (Phi) is 5.69. The molecule has 0 bridgehead atoms. The van der Waals surface area contributed by atoms with E-state index < -0.39 is 0 Å². The van der Waals surface area contributed by atoms with Crippen molar-refractivity contribution in [3.05, 3.63) is 87.7 Å². The molecule has 0 aliphatic carbocycles. The molecule has 0 aliphatic heterocycles. The van der Waals surface area contributed by atoms with E-state index >= 15 is 0 Å². The molecule has 0 saturated carbocycles. The molecule has 1 heterocycles. The third kappa shape index (κ3) is 4.21. The Morgan fingerprint density at radius 1 is 0.906 bits per heavy atom. The average molecular weight is 428 g/mol. The van der Waals surface area contributed by atoms with Crippen molar-refractivity contribution in [3.8, 4) is 28.5 Å². The molecule has 6 heteroatoms. The largest absolute Gasteiger partial charge is 0.504 e. The predicted molar refractivity (Wildman–Crippen MR) is 127 cm³/mol. The van der Waals surface area contributed by atoms with E-state index in [1.165, 1.54) is 23.9 Å². The van der Waals surface area contributed by atoms with Crippen LogP contribution in [0.4, 0.5) is 0 Å². The van der Waals surface area contributed by atoms with Gasteiger partial charge in [0, 0.05) is 17.0 Å². The van der Waals surface area contributed by atoms with Gasteiger partial charge < -0.3 is 15.3 Å². The highest BCUT2D eigenvalue weighted by Crippen LogP contribution is 2.29. The van der Waals surface area contributed by atoms with Gasteiger partial charge in [0.05, 0.1) is 12.1 Å². The summed E-state index contributed by atoms with van der Waals surface area (Å²) in [6.45, 7) is 4.50. The van der Waals surface area contributed by atoms with Crippen LogP contribution in [0.2, 0.25) is 0 Å². The van der Waals surface area contributed by atoms with Crippen LogP contribution < -0.4 is 5.56 Å². The van der Waals surface area contributed by atoms with E-state index in [0.717, 1.165) is 11.1 Å². The van der Waals surface area contributed by atoms with Crippen LogP contribution in [0.25, 0.3) is 21.9 Å². The summed E-state index contributed by atoms with van der Waals surface area (Å²) in [5, 5.41) is 30.6. The van der Waals surface area contributed by atoms with E-state index in [1.807, 2.05) is 24.3 Å². The molecular weight excluding hydrogens is 404 g/mol. The number of hydrogen-bond acceptors (Lipinski definition) is 5. The zero-order valence-corrected chi connectivity index (χ0v) is 17.8. The van der Waals surface area contributed by atoms with E-state index in [1.54, 1.807) is 12.1 Å². The smallest absolute Gasteiger partial charge is 0.258 e. The minimum Gasteiger partial charge on any atom is -0.504 e. The van der Waals surface area contributed by atoms with Crippen molar-refractivity contribution in [1.29, 1.82) is 0 Å². The van der Waals surface area contributed by atoms with Gasteiger partial charge in [-0.15, -0.1) is 0 Å². The first-order valence-electron chi connectivity index (χ1n) is 10.3. The Bertz CT molecular complexity index is 1390. The monoisotopic (exact) mass is 428 g/mol. The molecule has 0 atom stereocenters. The van der Waals surface area contributed by atoms with Crippen LogP contribution >= 0.6 is 0 Å². The quantitative estimate of drug-likeness (QED) is 0.263. The summed E-state index contributed by atoms with van der Waals surface area (Å²) in [6, 6.07) is 18.3. The molecule has 0 radical (unpaired) electrons. The zero-order chi connectivity index (χ0) is 22.8. The minimum atomic E-state index is -0.374. The van der Waals surface area contributed by atoms with Gasteiger partial charge in [-0.25, -0.2) is 0 Å². The Morgan fingerprint density at radius 2 is 1.69 bits per heavy atom. The van der Waals surface area contributed by atoms with Crippen LogP contribution in [0.15, 0.2) is 70.5 Å². The number of nitrogens with zero attached hydrogens (tertiary/aromatic N) is 1. The lowest BCUT2D eigenvalue weighted by atomic mass is 9.95. The number of aliphatic imine (C=N–C) groups is 1. The van der Waals surface area contributed by atoms with E-state index in [9.17, 15) is 20.1 Å². The number of fused-ring (bicyclic) bond motifs is 1. The van der Waals surface area contributed by atoms with Gasteiger partial charge in [0.2, 0.25) is 5.88 Å². The molecule has 0 saturated heterocycles. The lowest BCUT2D eigenvalue weighted by molar-refractivity contribution is 0.403. The maximum Gasteiger partial charge on any atom is 0.258 e. The van der Waals surface area contributed by atoms with Crippen molar-refractivity contribution in [2.45, 2.75) is 26.3 Å². The van der Waals surface area contributed by atoms with Crippen LogP contribution in [0.5, 0.6) is 17.4 Å². The number of phenols is 2. The summed E-state index contributed by atoms with van der Waals surface area (Å²) in [7, 11) is 0. The summed E-state index contributed by atoms with van der Waals surface area (Å²) < 4.78 is 0. The first kappa shape index (κ1) is 21.2. The average Bonchev–Trinajstić information content (AvgIpc) is 2.78. The molecule has 0 aliphatic rings. The molecule has 6 nitrogen and oxygen atoms in total. The number of rotatable bonds is 5. The van der Waals surface area contributed by atoms with Gasteiger partial charge in [-0.1, -0.05) is 50.2 Å². The number of H-pyrrole nitrogens is 1. The topological polar surface area (TPSA) is 106 Å². The fourth-order valence-electron chi connectivity index (χ4n) is 3.63. The summed E-state index contributed by atoms with van der Waals surface area (Å²) in [6.07, 6.45) is 1.51. The number of aromatic nitrogens is 1. The second-order valence-electron chi connectivity index (χ2n) is 8.05. The molecule has 0 fully saturated rings. The third-order valence-electron chi connectivity index (χ3n) is 5.46. The number of phenolic OH excluding ortho intramolecular Hbond substituents is 2. The van der Waals surface area contributed by atoms with Gasteiger partial charge in [0.15, 0.2) is 11.5 Å².